The highest BCUT2D eigenvalue weighted by molar-refractivity contribution is 7.09. The summed E-state index contributed by atoms with van der Waals surface area (Å²) >= 11 is 1.73. The molecule has 0 radical (unpaired) electrons. The SMILES string of the molecule is Cc1c(C(CCc2cccs2)NN)oc2ccc(F)cc12. The van der Waals surface area contributed by atoms with E-state index in [4.69, 9.17) is 10.3 Å². The highest BCUT2D eigenvalue weighted by Gasteiger charge is 2.19. The predicted octanol–water partition coefficient (Wildman–Crippen LogP) is 4.08. The second-order valence-corrected chi connectivity index (χ2v) is 6.10. The first kappa shape index (κ1) is 14.3. The van der Waals surface area contributed by atoms with Gasteiger partial charge < -0.3 is 4.42 Å². The molecular formula is C16H17FN2OS. The minimum atomic E-state index is -0.256. The number of thiophene rings is 1. The van der Waals surface area contributed by atoms with Gasteiger partial charge in [0.05, 0.1) is 6.04 Å². The van der Waals surface area contributed by atoms with E-state index in [1.807, 2.05) is 13.0 Å². The summed E-state index contributed by atoms with van der Waals surface area (Å²) in [6.45, 7) is 1.94. The van der Waals surface area contributed by atoms with Crippen molar-refractivity contribution in [3.63, 3.8) is 0 Å². The topological polar surface area (TPSA) is 51.2 Å². The van der Waals surface area contributed by atoms with Crippen molar-refractivity contribution in [2.75, 3.05) is 0 Å². The molecule has 0 spiro atoms. The summed E-state index contributed by atoms with van der Waals surface area (Å²) in [5.41, 5.74) is 4.45. The van der Waals surface area contributed by atoms with E-state index in [1.165, 1.54) is 17.0 Å². The van der Waals surface area contributed by atoms with Crippen molar-refractivity contribution in [3.05, 3.63) is 57.7 Å². The number of furan rings is 1. The molecule has 0 bridgehead atoms. The van der Waals surface area contributed by atoms with Crippen LogP contribution in [-0.4, -0.2) is 0 Å². The van der Waals surface area contributed by atoms with E-state index in [9.17, 15) is 4.39 Å². The number of hydrazine groups is 1. The number of benzene rings is 1. The van der Waals surface area contributed by atoms with Crippen LogP contribution in [0.3, 0.4) is 0 Å². The lowest BCUT2D eigenvalue weighted by atomic mass is 10.0. The summed E-state index contributed by atoms with van der Waals surface area (Å²) in [5.74, 6) is 6.22. The molecule has 0 fully saturated rings. The third kappa shape index (κ3) is 2.85. The molecule has 0 aliphatic rings. The predicted molar refractivity (Wildman–Crippen MR) is 83.6 cm³/mol. The van der Waals surface area contributed by atoms with Gasteiger partial charge in [-0.1, -0.05) is 6.07 Å². The van der Waals surface area contributed by atoms with Crippen LogP contribution < -0.4 is 11.3 Å². The molecule has 0 aliphatic carbocycles. The maximum Gasteiger partial charge on any atom is 0.134 e. The first-order valence-electron chi connectivity index (χ1n) is 6.86. The van der Waals surface area contributed by atoms with Crippen molar-refractivity contribution in [2.45, 2.75) is 25.8 Å². The Balaban J connectivity index is 1.87. The first-order valence-corrected chi connectivity index (χ1v) is 7.74. The van der Waals surface area contributed by atoms with Crippen LogP contribution in [0, 0.1) is 12.7 Å². The zero-order valence-corrected chi connectivity index (χ0v) is 12.5. The fourth-order valence-corrected chi connectivity index (χ4v) is 3.30. The molecule has 3 nitrogen and oxygen atoms in total. The normalized spacial score (nSPS) is 12.9. The molecule has 1 aromatic carbocycles. The fraction of sp³-hybridized carbons (Fsp3) is 0.250. The largest absolute Gasteiger partial charge is 0.459 e. The van der Waals surface area contributed by atoms with Gasteiger partial charge in [0.25, 0.3) is 0 Å². The van der Waals surface area contributed by atoms with Crippen LogP contribution in [0.4, 0.5) is 4.39 Å². The minimum Gasteiger partial charge on any atom is -0.459 e. The van der Waals surface area contributed by atoms with Gasteiger partial charge in [-0.05, 0) is 49.4 Å². The number of hydrogen-bond donors (Lipinski definition) is 2. The van der Waals surface area contributed by atoms with E-state index in [1.54, 1.807) is 17.4 Å². The van der Waals surface area contributed by atoms with Crippen LogP contribution >= 0.6 is 11.3 Å². The van der Waals surface area contributed by atoms with Gasteiger partial charge in [0.15, 0.2) is 0 Å². The van der Waals surface area contributed by atoms with Crippen molar-refractivity contribution in [1.82, 2.24) is 5.43 Å². The molecule has 3 rings (SSSR count). The van der Waals surface area contributed by atoms with Crippen molar-refractivity contribution < 1.29 is 8.81 Å². The van der Waals surface area contributed by atoms with E-state index in [0.29, 0.717) is 5.58 Å². The maximum absolute atomic E-state index is 13.4. The lowest BCUT2D eigenvalue weighted by molar-refractivity contribution is 0.415. The van der Waals surface area contributed by atoms with Gasteiger partial charge in [-0.15, -0.1) is 11.3 Å². The number of aryl methyl sites for hydroxylation is 2. The quantitative estimate of drug-likeness (QED) is 0.551. The Kier molecular flexibility index (Phi) is 4.05. The average molecular weight is 304 g/mol. The van der Waals surface area contributed by atoms with Crippen LogP contribution in [0.15, 0.2) is 40.1 Å². The van der Waals surface area contributed by atoms with Crippen molar-refractivity contribution >= 4 is 22.3 Å². The molecule has 2 aromatic heterocycles. The van der Waals surface area contributed by atoms with Crippen molar-refractivity contribution in [3.8, 4) is 0 Å². The van der Waals surface area contributed by atoms with Crippen LogP contribution in [0.2, 0.25) is 0 Å². The van der Waals surface area contributed by atoms with E-state index < -0.39 is 0 Å². The minimum absolute atomic E-state index is 0.0810. The molecular weight excluding hydrogens is 287 g/mol. The average Bonchev–Trinajstić information content (AvgIpc) is 3.10. The second kappa shape index (κ2) is 5.97. The Hall–Kier alpha value is -1.69. The standard InChI is InChI=1S/C16H17FN2OS/c1-10-13-9-11(17)4-7-15(13)20-16(10)14(19-18)6-5-12-3-2-8-21-12/h2-4,7-9,14,19H,5-6,18H2,1H3. The molecule has 110 valence electrons. The molecule has 3 aromatic rings. The molecule has 0 aliphatic heterocycles. The Labute approximate surface area is 126 Å². The van der Waals surface area contributed by atoms with Crippen LogP contribution in [0.1, 0.15) is 28.7 Å². The van der Waals surface area contributed by atoms with Gasteiger partial charge in [-0.2, -0.15) is 0 Å². The Morgan fingerprint density at radius 2 is 2.24 bits per heavy atom. The molecule has 1 unspecified atom stereocenters. The summed E-state index contributed by atoms with van der Waals surface area (Å²) in [6.07, 6.45) is 1.76. The van der Waals surface area contributed by atoms with Gasteiger partial charge in [0, 0.05) is 15.8 Å². The van der Waals surface area contributed by atoms with E-state index in [-0.39, 0.29) is 11.9 Å². The number of fused-ring (bicyclic) bond motifs is 1. The fourth-order valence-electron chi connectivity index (χ4n) is 2.58. The zero-order chi connectivity index (χ0) is 14.8. The lowest BCUT2D eigenvalue weighted by Gasteiger charge is -2.13. The van der Waals surface area contributed by atoms with Gasteiger partial charge in [0.2, 0.25) is 0 Å². The summed E-state index contributed by atoms with van der Waals surface area (Å²) in [5, 5.41) is 2.87. The smallest absolute Gasteiger partial charge is 0.134 e. The highest BCUT2D eigenvalue weighted by atomic mass is 32.1. The molecule has 3 N–H and O–H groups in total. The first-order chi connectivity index (χ1) is 10.2. The summed E-state index contributed by atoms with van der Waals surface area (Å²) in [6, 6.07) is 8.64. The van der Waals surface area contributed by atoms with E-state index in [0.717, 1.165) is 29.6 Å². The van der Waals surface area contributed by atoms with E-state index in [2.05, 4.69) is 16.9 Å². The molecule has 2 heterocycles. The second-order valence-electron chi connectivity index (χ2n) is 5.07. The summed E-state index contributed by atoms with van der Waals surface area (Å²) in [4.78, 5) is 1.31. The van der Waals surface area contributed by atoms with Crippen molar-refractivity contribution in [1.29, 1.82) is 0 Å². The third-order valence-corrected chi connectivity index (χ3v) is 4.65. The van der Waals surface area contributed by atoms with Gasteiger partial charge in [-0.25, -0.2) is 9.82 Å². The van der Waals surface area contributed by atoms with E-state index >= 15 is 0 Å². The van der Waals surface area contributed by atoms with Gasteiger partial charge >= 0.3 is 0 Å². The Morgan fingerprint density at radius 1 is 1.38 bits per heavy atom. The third-order valence-electron chi connectivity index (χ3n) is 3.71. The maximum atomic E-state index is 13.4. The molecule has 5 heteroatoms. The van der Waals surface area contributed by atoms with Crippen LogP contribution in [-0.2, 0) is 6.42 Å². The number of nitrogens with two attached hydrogens (primary N) is 1. The molecule has 0 saturated heterocycles. The van der Waals surface area contributed by atoms with Crippen LogP contribution in [0.5, 0.6) is 0 Å². The molecule has 1 atom stereocenters. The summed E-state index contributed by atoms with van der Waals surface area (Å²) in [7, 11) is 0. The van der Waals surface area contributed by atoms with Crippen LogP contribution in [0.25, 0.3) is 11.0 Å². The van der Waals surface area contributed by atoms with Gasteiger partial charge in [-0.3, -0.25) is 5.84 Å². The Morgan fingerprint density at radius 3 is 2.95 bits per heavy atom. The monoisotopic (exact) mass is 304 g/mol. The number of rotatable bonds is 5. The number of hydrogen-bond acceptors (Lipinski definition) is 4. The number of nitrogens with one attached hydrogen (secondary N) is 1. The molecule has 0 amide bonds. The number of halogens is 1. The Bertz CT molecular complexity index is 736. The highest BCUT2D eigenvalue weighted by Crippen LogP contribution is 2.31. The van der Waals surface area contributed by atoms with Gasteiger partial charge in [0.1, 0.15) is 17.2 Å². The molecule has 0 saturated carbocycles. The summed E-state index contributed by atoms with van der Waals surface area (Å²) < 4.78 is 19.2. The molecule has 21 heavy (non-hydrogen) atoms. The zero-order valence-electron chi connectivity index (χ0n) is 11.7. The van der Waals surface area contributed by atoms with Crippen molar-refractivity contribution in [2.24, 2.45) is 5.84 Å². The lowest BCUT2D eigenvalue weighted by Crippen LogP contribution is -2.28.